The predicted octanol–water partition coefficient (Wildman–Crippen LogP) is 4.15. The van der Waals surface area contributed by atoms with Crippen LogP contribution in [0.25, 0.3) is 0 Å². The van der Waals surface area contributed by atoms with E-state index in [9.17, 15) is 0 Å². The van der Waals surface area contributed by atoms with Gasteiger partial charge in [-0.05, 0) is 49.2 Å². The summed E-state index contributed by atoms with van der Waals surface area (Å²) in [6.45, 7) is 3.95. The molecule has 0 amide bonds. The molecule has 0 aromatic carbocycles. The number of fused-ring (bicyclic) bond motifs is 2. The molecule has 0 aromatic heterocycles. The fourth-order valence-corrected chi connectivity index (χ4v) is 5.44. The molecule has 2 heteroatoms. The van der Waals surface area contributed by atoms with E-state index in [1.54, 1.807) is 0 Å². The van der Waals surface area contributed by atoms with Crippen molar-refractivity contribution in [2.75, 3.05) is 10.2 Å². The Balaban J connectivity index is 1.76. The lowest BCUT2D eigenvalue weighted by atomic mass is 9.89. The second-order valence-electron chi connectivity index (χ2n) is 4.58. The summed E-state index contributed by atoms with van der Waals surface area (Å²) in [5, 5.41) is 0.999. The quantitative estimate of drug-likeness (QED) is 0.317. The van der Waals surface area contributed by atoms with E-state index in [0.717, 1.165) is 23.0 Å². The van der Waals surface area contributed by atoms with Crippen molar-refractivity contribution in [1.29, 1.82) is 0 Å². The van der Waals surface area contributed by atoms with Gasteiger partial charge in [-0.3, -0.25) is 0 Å². The Morgan fingerprint density at radius 1 is 1.29 bits per heavy atom. The highest BCUT2D eigenvalue weighted by molar-refractivity contribution is 14.1. The van der Waals surface area contributed by atoms with Gasteiger partial charge in [-0.15, -0.1) is 6.58 Å². The molecular weight excluding hydrogens is 303 g/mol. The van der Waals surface area contributed by atoms with Crippen molar-refractivity contribution in [2.24, 2.45) is 17.8 Å². The van der Waals surface area contributed by atoms with E-state index in [0.29, 0.717) is 0 Å². The lowest BCUT2D eigenvalue weighted by molar-refractivity contribution is 0.403. The van der Waals surface area contributed by atoms with Gasteiger partial charge in [0, 0.05) is 9.68 Å². The molecule has 0 saturated heterocycles. The van der Waals surface area contributed by atoms with E-state index in [1.165, 1.54) is 35.9 Å². The van der Waals surface area contributed by atoms with Crippen LogP contribution < -0.4 is 0 Å². The molecule has 0 aromatic rings. The van der Waals surface area contributed by atoms with Gasteiger partial charge < -0.3 is 0 Å². The Labute approximate surface area is 105 Å². The van der Waals surface area contributed by atoms with E-state index >= 15 is 0 Å². The number of rotatable bonds is 5. The summed E-state index contributed by atoms with van der Waals surface area (Å²) in [5.41, 5.74) is 0. The molecule has 0 spiro atoms. The Morgan fingerprint density at radius 2 is 2.14 bits per heavy atom. The number of halogens is 1. The third-order valence-electron chi connectivity index (χ3n) is 3.76. The van der Waals surface area contributed by atoms with Gasteiger partial charge in [-0.25, -0.2) is 0 Å². The largest absolute Gasteiger partial charge is 0.158 e. The molecule has 2 saturated carbocycles. The van der Waals surface area contributed by atoms with Gasteiger partial charge in [0.1, 0.15) is 0 Å². The molecule has 2 bridgehead atoms. The molecule has 0 nitrogen and oxygen atoms in total. The molecule has 0 N–H and O–H groups in total. The van der Waals surface area contributed by atoms with Crippen LogP contribution in [0, 0.1) is 17.8 Å². The van der Waals surface area contributed by atoms with E-state index in [4.69, 9.17) is 0 Å². The topological polar surface area (TPSA) is 0 Å². The summed E-state index contributed by atoms with van der Waals surface area (Å²) >= 11 is 4.73. The first-order chi connectivity index (χ1) is 6.85. The second kappa shape index (κ2) is 5.24. The van der Waals surface area contributed by atoms with Crippen molar-refractivity contribution >= 4 is 34.4 Å². The minimum atomic E-state index is 0.862. The highest BCUT2D eigenvalue weighted by Gasteiger charge is 2.44. The number of thioether (sulfide) groups is 1. The van der Waals surface area contributed by atoms with Gasteiger partial charge in [-0.1, -0.05) is 28.7 Å². The number of alkyl halides is 1. The molecule has 2 rings (SSSR count). The van der Waals surface area contributed by atoms with Gasteiger partial charge in [0.25, 0.3) is 0 Å². The van der Waals surface area contributed by atoms with Crippen molar-refractivity contribution in [1.82, 2.24) is 0 Å². The lowest BCUT2D eigenvalue weighted by Crippen LogP contribution is -2.18. The molecule has 0 aliphatic heterocycles. The molecule has 4 unspecified atom stereocenters. The monoisotopic (exact) mass is 322 g/mol. The van der Waals surface area contributed by atoms with Crippen molar-refractivity contribution in [3.63, 3.8) is 0 Å². The fraction of sp³-hybridized carbons (Fsp3) is 0.833. The first-order valence-corrected chi connectivity index (χ1v) is 8.22. The van der Waals surface area contributed by atoms with E-state index in [-0.39, 0.29) is 0 Å². The summed E-state index contributed by atoms with van der Waals surface area (Å²) in [4.78, 5) is 0. The Morgan fingerprint density at radius 3 is 2.71 bits per heavy atom. The predicted molar refractivity (Wildman–Crippen MR) is 74.3 cm³/mol. The van der Waals surface area contributed by atoms with Crippen molar-refractivity contribution in [2.45, 2.75) is 30.9 Å². The van der Waals surface area contributed by atoms with Crippen LogP contribution in [0.1, 0.15) is 25.7 Å². The molecule has 2 aliphatic rings. The summed E-state index contributed by atoms with van der Waals surface area (Å²) in [7, 11) is 0. The number of hydrogen-bond donors (Lipinski definition) is 0. The molecule has 0 heterocycles. The molecule has 2 fully saturated rings. The molecule has 14 heavy (non-hydrogen) atoms. The van der Waals surface area contributed by atoms with Crippen LogP contribution in [0.4, 0.5) is 0 Å². The van der Waals surface area contributed by atoms with Crippen LogP contribution >= 0.6 is 34.4 Å². The number of allylic oxidation sites excluding steroid dienone is 1. The zero-order valence-corrected chi connectivity index (χ0v) is 11.6. The van der Waals surface area contributed by atoms with E-state index in [1.807, 2.05) is 0 Å². The van der Waals surface area contributed by atoms with Gasteiger partial charge >= 0.3 is 0 Å². The average Bonchev–Trinajstić information content (AvgIpc) is 2.76. The average molecular weight is 322 g/mol. The molecule has 0 radical (unpaired) electrons. The van der Waals surface area contributed by atoms with Gasteiger partial charge in [-0.2, -0.15) is 11.8 Å². The minimum absolute atomic E-state index is 0.862. The van der Waals surface area contributed by atoms with Crippen LogP contribution in [-0.2, 0) is 0 Å². The number of hydrogen-bond acceptors (Lipinski definition) is 1. The summed E-state index contributed by atoms with van der Waals surface area (Å²) in [6.07, 6.45) is 8.02. The minimum Gasteiger partial charge on any atom is -0.158 e. The molecule has 4 atom stereocenters. The zero-order chi connectivity index (χ0) is 9.97. The second-order valence-corrected chi connectivity index (χ2v) is 7.00. The normalized spacial score (nSPS) is 40.4. The summed E-state index contributed by atoms with van der Waals surface area (Å²) in [6, 6.07) is 0. The van der Waals surface area contributed by atoms with Crippen molar-refractivity contribution < 1.29 is 0 Å². The fourth-order valence-electron chi connectivity index (χ4n) is 3.05. The van der Waals surface area contributed by atoms with Crippen LogP contribution in [0.3, 0.4) is 0 Å². The maximum Gasteiger partial charge on any atom is 0.00784 e. The third-order valence-corrected chi connectivity index (χ3v) is 6.05. The first-order valence-electron chi connectivity index (χ1n) is 5.65. The maximum absolute atomic E-state index is 3.95. The van der Waals surface area contributed by atoms with Crippen LogP contribution in [0.15, 0.2) is 12.7 Å². The van der Waals surface area contributed by atoms with Crippen molar-refractivity contribution in [3.8, 4) is 0 Å². The van der Waals surface area contributed by atoms with Crippen LogP contribution in [-0.4, -0.2) is 15.4 Å². The standard InChI is InChI=1S/C12H19IS/c1-2-9-6-11-7-10(9)8-12(11)14-5-3-4-13/h2,9-12H,1,3-8H2. The highest BCUT2D eigenvalue weighted by Crippen LogP contribution is 2.52. The Kier molecular flexibility index (Phi) is 4.23. The highest BCUT2D eigenvalue weighted by atomic mass is 127. The van der Waals surface area contributed by atoms with Gasteiger partial charge in [0.2, 0.25) is 0 Å². The Hall–Kier alpha value is 0.820. The molecule has 80 valence electrons. The van der Waals surface area contributed by atoms with Crippen LogP contribution in [0.5, 0.6) is 0 Å². The molecule has 2 aliphatic carbocycles. The lowest BCUT2D eigenvalue weighted by Gasteiger charge is -2.25. The third kappa shape index (κ3) is 2.31. The van der Waals surface area contributed by atoms with Crippen LogP contribution in [0.2, 0.25) is 0 Å². The smallest absolute Gasteiger partial charge is 0.00784 e. The van der Waals surface area contributed by atoms with E-state index in [2.05, 4.69) is 47.0 Å². The zero-order valence-electron chi connectivity index (χ0n) is 8.62. The summed E-state index contributed by atoms with van der Waals surface area (Å²) < 4.78 is 1.32. The van der Waals surface area contributed by atoms with Gasteiger partial charge in [0.15, 0.2) is 0 Å². The van der Waals surface area contributed by atoms with Crippen molar-refractivity contribution in [3.05, 3.63) is 12.7 Å². The SMILES string of the molecule is C=CC1CC2CC1CC2SCCCI. The Bertz CT molecular complexity index is 204. The van der Waals surface area contributed by atoms with E-state index < -0.39 is 0 Å². The maximum atomic E-state index is 3.95. The molecular formula is C12H19IS. The summed E-state index contributed by atoms with van der Waals surface area (Å²) in [5.74, 6) is 4.27. The van der Waals surface area contributed by atoms with Gasteiger partial charge in [0.05, 0.1) is 0 Å². The first kappa shape index (κ1) is 11.3.